The number of nitrogens with zero attached hydrogens (tertiary/aromatic N) is 1. The van der Waals surface area contributed by atoms with Crippen LogP contribution in [-0.4, -0.2) is 36.9 Å². The molecule has 0 fully saturated rings. The number of methoxy groups -OCH3 is 2. The first-order valence-corrected chi connectivity index (χ1v) is 6.66. The third-order valence-electron chi connectivity index (χ3n) is 3.11. The summed E-state index contributed by atoms with van der Waals surface area (Å²) in [5, 5.41) is 16.4. The normalized spacial score (nSPS) is 11.8. The van der Waals surface area contributed by atoms with Crippen LogP contribution in [0.1, 0.15) is 27.9 Å². The van der Waals surface area contributed by atoms with Gasteiger partial charge >= 0.3 is 0 Å². The number of benzene rings is 1. The standard InChI is InChI=1S/C15H18N2O5/c1-9-6-11(17-22-9)15(19)16-8-12(18)10-4-5-13(20-2)14(7-10)21-3/h4-7,12,18H,8H2,1-3H3,(H,16,19). The van der Waals surface area contributed by atoms with Crippen LogP contribution in [0.3, 0.4) is 0 Å². The molecule has 1 amide bonds. The van der Waals surface area contributed by atoms with Gasteiger partial charge in [0.05, 0.1) is 20.3 Å². The van der Waals surface area contributed by atoms with Gasteiger partial charge < -0.3 is 24.4 Å². The molecule has 7 nitrogen and oxygen atoms in total. The summed E-state index contributed by atoms with van der Waals surface area (Å²) < 4.78 is 15.1. The highest BCUT2D eigenvalue weighted by Crippen LogP contribution is 2.29. The van der Waals surface area contributed by atoms with Crippen molar-refractivity contribution >= 4 is 5.91 Å². The minimum atomic E-state index is -0.878. The van der Waals surface area contributed by atoms with Crippen LogP contribution in [0.2, 0.25) is 0 Å². The van der Waals surface area contributed by atoms with E-state index in [0.717, 1.165) is 0 Å². The van der Waals surface area contributed by atoms with Crippen molar-refractivity contribution in [3.05, 3.63) is 41.3 Å². The maximum absolute atomic E-state index is 11.8. The van der Waals surface area contributed by atoms with E-state index in [-0.39, 0.29) is 12.2 Å². The highest BCUT2D eigenvalue weighted by molar-refractivity contribution is 5.92. The molecule has 2 rings (SSSR count). The molecule has 0 saturated heterocycles. The number of ether oxygens (including phenoxy) is 2. The number of carbonyl (C=O) groups is 1. The number of nitrogens with one attached hydrogen (secondary N) is 1. The summed E-state index contributed by atoms with van der Waals surface area (Å²) >= 11 is 0. The van der Waals surface area contributed by atoms with E-state index in [1.54, 1.807) is 25.1 Å². The van der Waals surface area contributed by atoms with Crippen molar-refractivity contribution in [2.75, 3.05) is 20.8 Å². The molecule has 0 aliphatic carbocycles. The van der Waals surface area contributed by atoms with Crippen LogP contribution < -0.4 is 14.8 Å². The first-order valence-electron chi connectivity index (χ1n) is 6.66. The Labute approximate surface area is 127 Å². The van der Waals surface area contributed by atoms with Gasteiger partial charge in [0, 0.05) is 12.6 Å². The van der Waals surface area contributed by atoms with E-state index >= 15 is 0 Å². The van der Waals surface area contributed by atoms with E-state index in [1.807, 2.05) is 0 Å². The summed E-state index contributed by atoms with van der Waals surface area (Å²) in [7, 11) is 3.05. The Hall–Kier alpha value is -2.54. The number of amides is 1. The molecule has 22 heavy (non-hydrogen) atoms. The van der Waals surface area contributed by atoms with Gasteiger partial charge in [0.2, 0.25) is 0 Å². The average molecular weight is 306 g/mol. The highest BCUT2D eigenvalue weighted by atomic mass is 16.5. The summed E-state index contributed by atoms with van der Waals surface area (Å²) in [5.41, 5.74) is 0.784. The molecule has 0 aliphatic rings. The summed E-state index contributed by atoms with van der Waals surface area (Å²) in [6, 6.07) is 6.59. The van der Waals surface area contributed by atoms with Gasteiger partial charge in [-0.25, -0.2) is 0 Å². The largest absolute Gasteiger partial charge is 0.493 e. The van der Waals surface area contributed by atoms with Gasteiger partial charge in [0.15, 0.2) is 17.2 Å². The van der Waals surface area contributed by atoms with Crippen LogP contribution in [0.4, 0.5) is 0 Å². The quantitative estimate of drug-likeness (QED) is 0.839. The Morgan fingerprint density at radius 1 is 1.32 bits per heavy atom. The molecule has 0 bridgehead atoms. The van der Waals surface area contributed by atoms with Crippen molar-refractivity contribution in [2.45, 2.75) is 13.0 Å². The molecule has 2 aromatic rings. The Balaban J connectivity index is 2.00. The van der Waals surface area contributed by atoms with Gasteiger partial charge in [-0.3, -0.25) is 4.79 Å². The van der Waals surface area contributed by atoms with E-state index < -0.39 is 12.0 Å². The van der Waals surface area contributed by atoms with Crippen molar-refractivity contribution in [1.82, 2.24) is 10.5 Å². The number of hydrogen-bond acceptors (Lipinski definition) is 6. The molecule has 1 unspecified atom stereocenters. The molecule has 1 aromatic carbocycles. The molecule has 0 radical (unpaired) electrons. The monoisotopic (exact) mass is 306 g/mol. The number of aliphatic hydroxyl groups is 1. The van der Waals surface area contributed by atoms with E-state index in [1.165, 1.54) is 20.3 Å². The van der Waals surface area contributed by atoms with E-state index in [2.05, 4.69) is 10.5 Å². The third kappa shape index (κ3) is 3.56. The fraction of sp³-hybridized carbons (Fsp3) is 0.333. The molecule has 0 spiro atoms. The Bertz CT molecular complexity index is 653. The summed E-state index contributed by atoms with van der Waals surface area (Å²) in [6.07, 6.45) is -0.878. The van der Waals surface area contributed by atoms with E-state index in [0.29, 0.717) is 22.8 Å². The van der Waals surface area contributed by atoms with Crippen molar-refractivity contribution in [3.8, 4) is 11.5 Å². The number of aromatic nitrogens is 1. The predicted molar refractivity (Wildman–Crippen MR) is 78.1 cm³/mol. The minimum Gasteiger partial charge on any atom is -0.493 e. The van der Waals surface area contributed by atoms with Gasteiger partial charge in [-0.1, -0.05) is 11.2 Å². The van der Waals surface area contributed by atoms with Crippen LogP contribution in [0.25, 0.3) is 0 Å². The predicted octanol–water partition coefficient (Wildman–Crippen LogP) is 1.46. The smallest absolute Gasteiger partial charge is 0.273 e. The molecule has 1 heterocycles. The van der Waals surface area contributed by atoms with Crippen LogP contribution in [0.15, 0.2) is 28.8 Å². The maximum Gasteiger partial charge on any atom is 0.273 e. The molecule has 1 atom stereocenters. The Kier molecular flexibility index (Phi) is 5.00. The number of rotatable bonds is 6. The number of carbonyl (C=O) groups excluding carboxylic acids is 1. The summed E-state index contributed by atoms with van der Waals surface area (Å²) in [6.45, 7) is 1.74. The van der Waals surface area contributed by atoms with Crippen molar-refractivity contribution < 1.29 is 23.9 Å². The van der Waals surface area contributed by atoms with E-state index in [9.17, 15) is 9.90 Å². The molecule has 0 aliphatic heterocycles. The van der Waals surface area contributed by atoms with Gasteiger partial charge in [-0.05, 0) is 24.6 Å². The number of aliphatic hydroxyl groups excluding tert-OH is 1. The van der Waals surface area contributed by atoms with Crippen molar-refractivity contribution in [1.29, 1.82) is 0 Å². The molecule has 1 aromatic heterocycles. The first-order chi connectivity index (χ1) is 10.5. The summed E-state index contributed by atoms with van der Waals surface area (Å²) in [4.78, 5) is 11.8. The second-order valence-electron chi connectivity index (χ2n) is 4.66. The van der Waals surface area contributed by atoms with Gasteiger partial charge in [-0.15, -0.1) is 0 Å². The van der Waals surface area contributed by atoms with Gasteiger partial charge in [-0.2, -0.15) is 0 Å². The molecule has 7 heteroatoms. The molecule has 0 saturated carbocycles. The van der Waals surface area contributed by atoms with E-state index in [4.69, 9.17) is 14.0 Å². The lowest BCUT2D eigenvalue weighted by Gasteiger charge is -2.14. The second-order valence-corrected chi connectivity index (χ2v) is 4.66. The maximum atomic E-state index is 11.8. The first kappa shape index (κ1) is 15.8. The van der Waals surface area contributed by atoms with Crippen molar-refractivity contribution in [2.24, 2.45) is 0 Å². The minimum absolute atomic E-state index is 0.0419. The summed E-state index contributed by atoms with van der Waals surface area (Å²) in [5.74, 6) is 1.22. The fourth-order valence-electron chi connectivity index (χ4n) is 1.93. The molecule has 2 N–H and O–H groups in total. The Morgan fingerprint density at radius 2 is 2.05 bits per heavy atom. The lowest BCUT2D eigenvalue weighted by molar-refractivity contribution is 0.0907. The molecule has 118 valence electrons. The molecular weight excluding hydrogens is 288 g/mol. The fourth-order valence-corrected chi connectivity index (χ4v) is 1.93. The van der Waals surface area contributed by atoms with Crippen LogP contribution >= 0.6 is 0 Å². The SMILES string of the molecule is COc1ccc(C(O)CNC(=O)c2cc(C)on2)cc1OC. The Morgan fingerprint density at radius 3 is 2.64 bits per heavy atom. The second kappa shape index (κ2) is 6.95. The third-order valence-corrected chi connectivity index (χ3v) is 3.11. The average Bonchev–Trinajstić information content (AvgIpc) is 2.98. The van der Waals surface area contributed by atoms with Crippen molar-refractivity contribution in [3.63, 3.8) is 0 Å². The topological polar surface area (TPSA) is 93.8 Å². The zero-order valence-electron chi connectivity index (χ0n) is 12.6. The zero-order chi connectivity index (χ0) is 16.1. The van der Waals surface area contributed by atoms with Crippen LogP contribution in [0, 0.1) is 6.92 Å². The lowest BCUT2D eigenvalue weighted by atomic mass is 10.1. The van der Waals surface area contributed by atoms with Crippen LogP contribution in [0.5, 0.6) is 11.5 Å². The highest BCUT2D eigenvalue weighted by Gasteiger charge is 2.15. The van der Waals surface area contributed by atoms with Crippen LogP contribution in [-0.2, 0) is 0 Å². The number of hydrogen-bond donors (Lipinski definition) is 2. The lowest BCUT2D eigenvalue weighted by Crippen LogP contribution is -2.28. The van der Waals surface area contributed by atoms with Gasteiger partial charge in [0.1, 0.15) is 5.76 Å². The van der Waals surface area contributed by atoms with Gasteiger partial charge in [0.25, 0.3) is 5.91 Å². The zero-order valence-corrected chi connectivity index (χ0v) is 12.6. The number of aryl methyl sites for hydroxylation is 1. The molecular formula is C15H18N2O5.